The van der Waals surface area contributed by atoms with E-state index < -0.39 is 11.7 Å². The molecule has 0 fully saturated rings. The zero-order chi connectivity index (χ0) is 12.3. The van der Waals surface area contributed by atoms with Crippen LogP contribution in [0, 0.1) is 5.82 Å². The lowest BCUT2D eigenvalue weighted by atomic mass is 10.2. The first-order chi connectivity index (χ1) is 8.22. The lowest BCUT2D eigenvalue weighted by molar-refractivity contribution is 0.0925. The molecule has 0 bridgehead atoms. The minimum absolute atomic E-state index is 0.00897. The SMILES string of the molecule is O=C(NCCCO)c1cc2cccc(F)c2o1. The molecule has 0 spiro atoms. The van der Waals surface area contributed by atoms with Crippen LogP contribution in [0.15, 0.2) is 28.7 Å². The molecule has 1 aromatic heterocycles. The van der Waals surface area contributed by atoms with Crippen LogP contribution < -0.4 is 5.32 Å². The molecular formula is C12H12FNO3. The molecule has 90 valence electrons. The Morgan fingerprint density at radius 2 is 2.29 bits per heavy atom. The average molecular weight is 237 g/mol. The van der Waals surface area contributed by atoms with Crippen molar-refractivity contribution in [3.63, 3.8) is 0 Å². The maximum atomic E-state index is 13.3. The number of nitrogens with one attached hydrogen (secondary N) is 1. The number of rotatable bonds is 4. The summed E-state index contributed by atoms with van der Waals surface area (Å²) in [5.41, 5.74) is 0.0832. The predicted octanol–water partition coefficient (Wildman–Crippen LogP) is 1.68. The van der Waals surface area contributed by atoms with E-state index in [1.807, 2.05) is 0 Å². The molecule has 0 aliphatic heterocycles. The van der Waals surface area contributed by atoms with E-state index in [1.165, 1.54) is 12.1 Å². The Hall–Kier alpha value is -1.88. The number of furan rings is 1. The van der Waals surface area contributed by atoms with Crippen molar-refractivity contribution in [3.05, 3.63) is 35.8 Å². The highest BCUT2D eigenvalue weighted by molar-refractivity contribution is 5.96. The van der Waals surface area contributed by atoms with Crippen LogP contribution in [0.5, 0.6) is 0 Å². The molecule has 2 N–H and O–H groups in total. The number of carbonyl (C=O) groups is 1. The lowest BCUT2D eigenvalue weighted by Crippen LogP contribution is -2.24. The van der Waals surface area contributed by atoms with Crippen LogP contribution in [0.3, 0.4) is 0 Å². The molecule has 2 rings (SSSR count). The van der Waals surface area contributed by atoms with Crippen LogP contribution >= 0.6 is 0 Å². The van der Waals surface area contributed by atoms with Gasteiger partial charge in [0.2, 0.25) is 0 Å². The first kappa shape index (κ1) is 11.6. The third-order valence-electron chi connectivity index (χ3n) is 2.34. The van der Waals surface area contributed by atoms with Crippen LogP contribution in [0.25, 0.3) is 11.0 Å². The van der Waals surface area contributed by atoms with E-state index in [2.05, 4.69) is 5.32 Å². The van der Waals surface area contributed by atoms with Crippen LogP contribution in [0.1, 0.15) is 17.0 Å². The fraction of sp³-hybridized carbons (Fsp3) is 0.250. The number of halogens is 1. The first-order valence-electron chi connectivity index (χ1n) is 5.29. The van der Waals surface area contributed by atoms with Gasteiger partial charge in [0.05, 0.1) is 0 Å². The van der Waals surface area contributed by atoms with Gasteiger partial charge in [-0.25, -0.2) is 4.39 Å². The van der Waals surface area contributed by atoms with Gasteiger partial charge in [-0.1, -0.05) is 12.1 Å². The summed E-state index contributed by atoms with van der Waals surface area (Å²) in [6, 6.07) is 6.00. The maximum Gasteiger partial charge on any atom is 0.287 e. The van der Waals surface area contributed by atoms with Crippen LogP contribution in [0.4, 0.5) is 4.39 Å². The Bertz CT molecular complexity index is 536. The van der Waals surface area contributed by atoms with Gasteiger partial charge in [0.25, 0.3) is 5.91 Å². The van der Waals surface area contributed by atoms with Crippen molar-refractivity contribution in [1.82, 2.24) is 5.32 Å². The number of amides is 1. The zero-order valence-electron chi connectivity index (χ0n) is 9.07. The highest BCUT2D eigenvalue weighted by Gasteiger charge is 2.13. The third-order valence-corrected chi connectivity index (χ3v) is 2.34. The third kappa shape index (κ3) is 2.45. The summed E-state index contributed by atoms with van der Waals surface area (Å²) in [7, 11) is 0. The number of hydrogen-bond donors (Lipinski definition) is 2. The van der Waals surface area contributed by atoms with Gasteiger partial charge in [-0.15, -0.1) is 0 Å². The fourth-order valence-electron chi connectivity index (χ4n) is 1.51. The summed E-state index contributed by atoms with van der Waals surface area (Å²) < 4.78 is 18.5. The Kier molecular flexibility index (Phi) is 3.39. The standard InChI is InChI=1S/C12H12FNO3/c13-9-4-1-3-8-7-10(17-11(8)9)12(16)14-5-2-6-15/h1,3-4,7,15H,2,5-6H2,(H,14,16). The van der Waals surface area contributed by atoms with Crippen LogP contribution in [-0.4, -0.2) is 24.2 Å². The molecule has 0 saturated carbocycles. The molecule has 1 aromatic carbocycles. The molecule has 0 aliphatic carbocycles. The quantitative estimate of drug-likeness (QED) is 0.795. The monoisotopic (exact) mass is 237 g/mol. The molecule has 5 heteroatoms. The zero-order valence-corrected chi connectivity index (χ0v) is 9.07. The van der Waals surface area contributed by atoms with Gasteiger partial charge in [-0.05, 0) is 18.6 Å². The second-order valence-electron chi connectivity index (χ2n) is 3.60. The van der Waals surface area contributed by atoms with Crippen molar-refractivity contribution in [2.45, 2.75) is 6.42 Å². The van der Waals surface area contributed by atoms with E-state index in [0.29, 0.717) is 18.4 Å². The van der Waals surface area contributed by atoms with Gasteiger partial charge >= 0.3 is 0 Å². The largest absolute Gasteiger partial charge is 0.448 e. The molecule has 2 aromatic rings. The predicted molar refractivity (Wildman–Crippen MR) is 60.2 cm³/mol. The molecule has 0 atom stereocenters. The van der Waals surface area contributed by atoms with E-state index in [9.17, 15) is 9.18 Å². The molecule has 0 radical (unpaired) electrons. The number of para-hydroxylation sites is 1. The van der Waals surface area contributed by atoms with Crippen molar-refractivity contribution >= 4 is 16.9 Å². The van der Waals surface area contributed by atoms with E-state index in [-0.39, 0.29) is 18.0 Å². The molecule has 0 aliphatic rings. The van der Waals surface area contributed by atoms with Crippen LogP contribution in [0.2, 0.25) is 0 Å². The van der Waals surface area contributed by atoms with Gasteiger partial charge in [-0.2, -0.15) is 0 Å². The Morgan fingerprint density at radius 3 is 3.00 bits per heavy atom. The van der Waals surface area contributed by atoms with Crippen molar-refractivity contribution in [3.8, 4) is 0 Å². The normalized spacial score (nSPS) is 10.7. The van der Waals surface area contributed by atoms with Crippen molar-refractivity contribution in [2.75, 3.05) is 13.2 Å². The number of aliphatic hydroxyl groups excluding tert-OH is 1. The average Bonchev–Trinajstić information content (AvgIpc) is 2.75. The van der Waals surface area contributed by atoms with E-state index >= 15 is 0 Å². The molecule has 1 heterocycles. The van der Waals surface area contributed by atoms with Gasteiger partial charge in [-0.3, -0.25) is 4.79 Å². The number of fused-ring (bicyclic) bond motifs is 1. The molecule has 4 nitrogen and oxygen atoms in total. The summed E-state index contributed by atoms with van der Waals surface area (Å²) >= 11 is 0. The Labute approximate surface area is 97.0 Å². The fourth-order valence-corrected chi connectivity index (χ4v) is 1.51. The molecule has 0 saturated heterocycles. The Morgan fingerprint density at radius 1 is 1.47 bits per heavy atom. The summed E-state index contributed by atoms with van der Waals surface area (Å²) in [6.07, 6.45) is 0.473. The smallest absolute Gasteiger partial charge is 0.287 e. The molecular weight excluding hydrogens is 225 g/mol. The lowest BCUT2D eigenvalue weighted by Gasteiger charge is -1.99. The van der Waals surface area contributed by atoms with Gasteiger partial charge in [0, 0.05) is 18.5 Å². The highest BCUT2D eigenvalue weighted by Crippen LogP contribution is 2.21. The van der Waals surface area contributed by atoms with Crippen molar-refractivity contribution in [2.24, 2.45) is 0 Å². The summed E-state index contributed by atoms with van der Waals surface area (Å²) in [5, 5.41) is 11.7. The van der Waals surface area contributed by atoms with Crippen molar-refractivity contribution < 1.29 is 18.7 Å². The molecule has 0 unspecified atom stereocenters. The van der Waals surface area contributed by atoms with E-state index in [1.54, 1.807) is 12.1 Å². The highest BCUT2D eigenvalue weighted by atomic mass is 19.1. The van der Waals surface area contributed by atoms with E-state index in [4.69, 9.17) is 9.52 Å². The minimum Gasteiger partial charge on any atom is -0.448 e. The number of benzene rings is 1. The second-order valence-corrected chi connectivity index (χ2v) is 3.60. The van der Waals surface area contributed by atoms with Gasteiger partial charge in [0.1, 0.15) is 0 Å². The summed E-state index contributed by atoms with van der Waals surface area (Å²) in [6.45, 7) is 0.365. The number of aliphatic hydroxyl groups is 1. The molecule has 17 heavy (non-hydrogen) atoms. The number of carbonyl (C=O) groups excluding carboxylic acids is 1. The van der Waals surface area contributed by atoms with Gasteiger partial charge < -0.3 is 14.8 Å². The van der Waals surface area contributed by atoms with Crippen LogP contribution in [-0.2, 0) is 0 Å². The van der Waals surface area contributed by atoms with E-state index in [0.717, 1.165) is 0 Å². The second kappa shape index (κ2) is 4.97. The van der Waals surface area contributed by atoms with Crippen molar-refractivity contribution in [1.29, 1.82) is 0 Å². The Balaban J connectivity index is 2.19. The van der Waals surface area contributed by atoms with Gasteiger partial charge in [0.15, 0.2) is 17.2 Å². The first-order valence-corrected chi connectivity index (χ1v) is 5.29. The summed E-state index contributed by atoms with van der Waals surface area (Å²) in [4.78, 5) is 11.6. The molecule has 1 amide bonds. The number of hydrogen-bond acceptors (Lipinski definition) is 3. The minimum atomic E-state index is -0.489. The summed E-state index contributed by atoms with van der Waals surface area (Å²) in [5.74, 6) is -0.825. The topological polar surface area (TPSA) is 62.5 Å². The maximum absolute atomic E-state index is 13.3.